The molecule has 9 nitrogen and oxygen atoms in total. The van der Waals surface area contributed by atoms with Gasteiger partial charge in [-0.3, -0.25) is 14.6 Å². The second kappa shape index (κ2) is 9.01. The molecule has 1 saturated heterocycles. The van der Waals surface area contributed by atoms with Gasteiger partial charge in [0.15, 0.2) is 5.69 Å². The van der Waals surface area contributed by atoms with Gasteiger partial charge in [0.25, 0.3) is 5.91 Å². The number of hydrogen-bond donors (Lipinski definition) is 1. The Labute approximate surface area is 196 Å². The number of hydrogen-bond acceptors (Lipinski definition) is 7. The molecule has 1 aliphatic carbocycles. The first-order valence-electron chi connectivity index (χ1n) is 11.4. The van der Waals surface area contributed by atoms with Gasteiger partial charge in [0.2, 0.25) is 5.91 Å². The first-order valence-corrected chi connectivity index (χ1v) is 12.3. The van der Waals surface area contributed by atoms with Crippen molar-refractivity contribution in [3.8, 4) is 11.3 Å². The SMILES string of the molecule is Cc1ccc(-c2csc(CNC(=O)[C@H]3CCCN(C(=O)c4cn(C5CC5)nn4)[C@H]3C)n2)cn1. The molecule has 0 unspecified atom stereocenters. The number of aromatic nitrogens is 5. The lowest BCUT2D eigenvalue weighted by Crippen LogP contribution is -2.51. The molecule has 0 spiro atoms. The highest BCUT2D eigenvalue weighted by Crippen LogP contribution is 2.34. The molecule has 1 aliphatic heterocycles. The summed E-state index contributed by atoms with van der Waals surface area (Å²) >= 11 is 1.51. The van der Waals surface area contributed by atoms with Crippen LogP contribution in [-0.2, 0) is 11.3 Å². The van der Waals surface area contributed by atoms with Crippen molar-refractivity contribution < 1.29 is 9.59 Å². The fourth-order valence-corrected chi connectivity index (χ4v) is 5.00. The van der Waals surface area contributed by atoms with Crippen LogP contribution in [0.4, 0.5) is 0 Å². The first kappa shape index (κ1) is 21.7. The van der Waals surface area contributed by atoms with Crippen LogP contribution in [0.2, 0.25) is 0 Å². The van der Waals surface area contributed by atoms with Crippen LogP contribution in [0.5, 0.6) is 0 Å². The highest BCUT2D eigenvalue weighted by atomic mass is 32.1. The summed E-state index contributed by atoms with van der Waals surface area (Å²) in [6.07, 6.45) is 7.26. The Kier molecular flexibility index (Phi) is 5.92. The molecule has 2 amide bonds. The number of amides is 2. The van der Waals surface area contributed by atoms with Gasteiger partial charge in [-0.1, -0.05) is 5.21 Å². The lowest BCUT2D eigenvalue weighted by atomic mass is 9.89. The third-order valence-corrected chi connectivity index (χ3v) is 7.26. The molecule has 2 aliphatic rings. The Balaban J connectivity index is 1.19. The topological polar surface area (TPSA) is 106 Å². The molecule has 0 aromatic carbocycles. The zero-order valence-electron chi connectivity index (χ0n) is 18.8. The van der Waals surface area contributed by atoms with Gasteiger partial charge in [-0.15, -0.1) is 16.4 Å². The van der Waals surface area contributed by atoms with E-state index in [2.05, 4.69) is 25.6 Å². The van der Waals surface area contributed by atoms with Crippen molar-refractivity contribution in [2.45, 2.75) is 58.2 Å². The standard InChI is InChI=1S/C23H27N7O2S/c1-14-5-6-16(10-24-14)20-13-33-21(26-20)11-25-22(31)18-4-3-9-29(15(18)2)23(32)19-12-30(28-27-19)17-7-8-17/h5-6,10,12-13,15,17-18H,3-4,7-9,11H2,1-2H3,(H,25,31)/t15-,18-/m0/s1. The number of nitrogens with zero attached hydrogens (tertiary/aromatic N) is 6. The molecule has 1 saturated carbocycles. The summed E-state index contributed by atoms with van der Waals surface area (Å²) in [7, 11) is 0. The van der Waals surface area contributed by atoms with Crippen molar-refractivity contribution in [3.63, 3.8) is 0 Å². The number of carbonyl (C=O) groups excluding carboxylic acids is 2. The third kappa shape index (κ3) is 4.66. The fourth-order valence-electron chi connectivity index (χ4n) is 4.26. The fraction of sp³-hybridized carbons (Fsp3) is 0.478. The van der Waals surface area contributed by atoms with Crippen molar-refractivity contribution in [3.05, 3.63) is 46.3 Å². The van der Waals surface area contributed by atoms with Crippen LogP contribution in [-0.4, -0.2) is 54.3 Å². The summed E-state index contributed by atoms with van der Waals surface area (Å²) in [5.41, 5.74) is 3.14. The molecule has 3 aromatic rings. The van der Waals surface area contributed by atoms with Gasteiger partial charge in [-0.2, -0.15) is 0 Å². The molecule has 2 fully saturated rings. The van der Waals surface area contributed by atoms with Gasteiger partial charge in [-0.05, 0) is 51.7 Å². The third-order valence-electron chi connectivity index (χ3n) is 6.41. The zero-order valence-corrected chi connectivity index (χ0v) is 19.6. The maximum absolute atomic E-state index is 13.0. The van der Waals surface area contributed by atoms with E-state index in [4.69, 9.17) is 0 Å². The number of rotatable bonds is 6. The van der Waals surface area contributed by atoms with Crippen LogP contribution in [0.1, 0.15) is 59.8 Å². The van der Waals surface area contributed by atoms with Gasteiger partial charge < -0.3 is 10.2 Å². The largest absolute Gasteiger partial charge is 0.349 e. The summed E-state index contributed by atoms with van der Waals surface area (Å²) in [4.78, 5) is 36.7. The van der Waals surface area contributed by atoms with Crippen LogP contribution in [0, 0.1) is 12.8 Å². The van der Waals surface area contributed by atoms with Gasteiger partial charge in [0, 0.05) is 35.4 Å². The lowest BCUT2D eigenvalue weighted by Gasteiger charge is -2.38. The number of aryl methyl sites for hydroxylation is 1. The van der Waals surface area contributed by atoms with E-state index in [1.165, 1.54) is 11.3 Å². The van der Waals surface area contributed by atoms with Gasteiger partial charge in [0.1, 0.15) is 5.01 Å². The Hall–Kier alpha value is -3.14. The predicted molar refractivity (Wildman–Crippen MR) is 123 cm³/mol. The van der Waals surface area contributed by atoms with Crippen LogP contribution in [0.15, 0.2) is 29.9 Å². The highest BCUT2D eigenvalue weighted by Gasteiger charge is 2.37. The first-order chi connectivity index (χ1) is 16.0. The van der Waals surface area contributed by atoms with Crippen LogP contribution < -0.4 is 5.32 Å². The zero-order chi connectivity index (χ0) is 22.9. The average molecular weight is 466 g/mol. The van der Waals surface area contributed by atoms with Crippen LogP contribution in [0.3, 0.4) is 0 Å². The maximum atomic E-state index is 13.0. The highest BCUT2D eigenvalue weighted by molar-refractivity contribution is 7.09. The molecule has 5 rings (SSSR count). The Morgan fingerprint density at radius 3 is 2.85 bits per heavy atom. The summed E-state index contributed by atoms with van der Waals surface area (Å²) in [6, 6.07) is 4.13. The van der Waals surface area contributed by atoms with Gasteiger partial charge >= 0.3 is 0 Å². The van der Waals surface area contributed by atoms with Crippen molar-refractivity contribution in [1.29, 1.82) is 0 Å². The number of nitrogens with one attached hydrogen (secondary N) is 1. The molecule has 0 radical (unpaired) electrons. The van der Waals surface area contributed by atoms with Crippen molar-refractivity contribution in [2.75, 3.05) is 6.54 Å². The summed E-state index contributed by atoms with van der Waals surface area (Å²) in [5, 5.41) is 14.0. The predicted octanol–water partition coefficient (Wildman–Crippen LogP) is 3.00. The number of carbonyl (C=O) groups is 2. The quantitative estimate of drug-likeness (QED) is 0.600. The molecule has 10 heteroatoms. The number of thiazole rings is 1. The minimum absolute atomic E-state index is 0.0459. The molecule has 2 atom stereocenters. The molecular formula is C23H27N7O2S. The minimum atomic E-state index is -0.262. The summed E-state index contributed by atoms with van der Waals surface area (Å²) < 4.78 is 1.78. The monoisotopic (exact) mass is 465 g/mol. The molecule has 1 N–H and O–H groups in total. The van der Waals surface area contributed by atoms with E-state index in [1.54, 1.807) is 15.8 Å². The Morgan fingerprint density at radius 1 is 1.24 bits per heavy atom. The number of pyridine rings is 1. The van der Waals surface area contributed by atoms with Gasteiger partial charge in [-0.25, -0.2) is 9.67 Å². The second-order valence-electron chi connectivity index (χ2n) is 8.84. The van der Waals surface area contributed by atoms with E-state index in [0.29, 0.717) is 24.8 Å². The molecule has 0 bridgehead atoms. The van der Waals surface area contributed by atoms with Crippen molar-refractivity contribution >= 4 is 23.2 Å². The van der Waals surface area contributed by atoms with Crippen molar-refractivity contribution in [2.24, 2.45) is 5.92 Å². The van der Waals surface area contributed by atoms with E-state index >= 15 is 0 Å². The molecule has 4 heterocycles. The molecule has 172 valence electrons. The minimum Gasteiger partial charge on any atom is -0.349 e. The summed E-state index contributed by atoms with van der Waals surface area (Å²) in [5.74, 6) is -0.458. The normalized spacial score (nSPS) is 20.6. The van der Waals surface area contributed by atoms with E-state index in [1.807, 2.05) is 37.6 Å². The van der Waals surface area contributed by atoms with E-state index < -0.39 is 0 Å². The Bertz CT molecular complexity index is 1150. The molecular weight excluding hydrogens is 438 g/mol. The molecule has 33 heavy (non-hydrogen) atoms. The lowest BCUT2D eigenvalue weighted by molar-refractivity contribution is -0.128. The number of likely N-dealkylation sites (tertiary alicyclic amines) is 1. The van der Waals surface area contributed by atoms with Gasteiger partial charge in [0.05, 0.1) is 30.4 Å². The van der Waals surface area contributed by atoms with Crippen molar-refractivity contribution in [1.82, 2.24) is 35.2 Å². The smallest absolute Gasteiger partial charge is 0.276 e. The van der Waals surface area contributed by atoms with Crippen LogP contribution in [0.25, 0.3) is 11.3 Å². The van der Waals surface area contributed by atoms with E-state index in [9.17, 15) is 9.59 Å². The Morgan fingerprint density at radius 2 is 2.09 bits per heavy atom. The molecule has 3 aromatic heterocycles. The van der Waals surface area contributed by atoms with E-state index in [0.717, 1.165) is 47.6 Å². The maximum Gasteiger partial charge on any atom is 0.276 e. The summed E-state index contributed by atoms with van der Waals surface area (Å²) in [6.45, 7) is 4.89. The van der Waals surface area contributed by atoms with E-state index in [-0.39, 0.29) is 23.8 Å². The van der Waals surface area contributed by atoms with Crippen LogP contribution >= 0.6 is 11.3 Å². The second-order valence-corrected chi connectivity index (χ2v) is 9.78. The number of piperidine rings is 1. The average Bonchev–Trinajstić information content (AvgIpc) is 3.36.